The Morgan fingerprint density at radius 1 is 1.02 bits per heavy atom. The van der Waals surface area contributed by atoms with Crippen LogP contribution in [0.25, 0.3) is 32.1 Å². The quantitative estimate of drug-likeness (QED) is 0.0817. The van der Waals surface area contributed by atoms with E-state index in [1.54, 1.807) is 38.7 Å². The first-order valence-corrected chi connectivity index (χ1v) is 22.2. The summed E-state index contributed by atoms with van der Waals surface area (Å²) < 4.78 is 55.5. The van der Waals surface area contributed by atoms with Crippen molar-refractivity contribution in [2.24, 2.45) is 0 Å². The van der Waals surface area contributed by atoms with Crippen molar-refractivity contribution in [3.8, 4) is 23.2 Å². The Balaban J connectivity index is 1.25. The number of likely N-dealkylation sites (tertiary alicyclic amines) is 1. The number of esters is 1. The van der Waals surface area contributed by atoms with Gasteiger partial charge < -0.3 is 23.8 Å². The van der Waals surface area contributed by atoms with Crippen molar-refractivity contribution in [1.82, 2.24) is 19.8 Å². The fraction of sp³-hybridized carbons (Fsp3) is 0.545. The first-order valence-electron chi connectivity index (χ1n) is 21.0. The molecule has 0 radical (unpaired) electrons. The highest BCUT2D eigenvalue weighted by Gasteiger charge is 2.45. The van der Waals surface area contributed by atoms with Gasteiger partial charge in [-0.2, -0.15) is 15.2 Å². The smallest absolute Gasteiger partial charge is 0.412 e. The SMILES string of the molecule is CCOC(=O)CCCCN1CC[C@H]1COc1nc(N2CC3CCC(C2)N3C(=O)OC(C)(C)C)c2cc(Cl)c(-c3ccc(F)c4sc(NC(=O)OC(C)(C)C)c(C#N)c34)c(F)c2n1. The van der Waals surface area contributed by atoms with E-state index in [2.05, 4.69) is 21.3 Å². The van der Waals surface area contributed by atoms with E-state index in [1.807, 2.05) is 25.7 Å². The van der Waals surface area contributed by atoms with Gasteiger partial charge in [-0.1, -0.05) is 17.7 Å². The third-order valence-electron chi connectivity index (χ3n) is 11.1. The molecule has 2 amide bonds. The Labute approximate surface area is 368 Å². The van der Waals surface area contributed by atoms with Gasteiger partial charge >= 0.3 is 24.2 Å². The van der Waals surface area contributed by atoms with Gasteiger partial charge in [-0.15, -0.1) is 11.3 Å². The molecule has 62 heavy (non-hydrogen) atoms. The number of fused-ring (bicyclic) bond motifs is 4. The molecule has 3 aliphatic heterocycles. The topological polar surface area (TPSA) is 159 Å². The van der Waals surface area contributed by atoms with E-state index < -0.39 is 28.9 Å². The number of aromatic nitrogens is 2. The minimum Gasteiger partial charge on any atom is -0.466 e. The van der Waals surface area contributed by atoms with Crippen LogP contribution in [-0.4, -0.2) is 107 Å². The van der Waals surface area contributed by atoms with Crippen molar-refractivity contribution in [3.63, 3.8) is 0 Å². The van der Waals surface area contributed by atoms with Crippen LogP contribution in [0.3, 0.4) is 0 Å². The number of rotatable bonds is 12. The molecule has 4 aromatic rings. The number of carbonyl (C=O) groups excluding carboxylic acids is 3. The predicted octanol–water partition coefficient (Wildman–Crippen LogP) is 9.44. The molecule has 0 spiro atoms. The van der Waals surface area contributed by atoms with Crippen LogP contribution < -0.4 is 15.0 Å². The number of piperazine rings is 1. The third kappa shape index (κ3) is 9.62. The van der Waals surface area contributed by atoms with Crippen LogP contribution in [0.1, 0.15) is 92.6 Å². The summed E-state index contributed by atoms with van der Waals surface area (Å²) in [4.78, 5) is 53.5. The van der Waals surface area contributed by atoms with E-state index in [-0.39, 0.29) is 85.1 Å². The van der Waals surface area contributed by atoms with Crippen molar-refractivity contribution in [3.05, 3.63) is 40.4 Å². The van der Waals surface area contributed by atoms with Crippen molar-refractivity contribution in [2.75, 3.05) is 49.6 Å². The molecule has 0 aliphatic carbocycles. The predicted molar refractivity (Wildman–Crippen MR) is 233 cm³/mol. The summed E-state index contributed by atoms with van der Waals surface area (Å²) >= 11 is 7.84. The normalized spacial score (nSPS) is 19.0. The Kier molecular flexibility index (Phi) is 13.0. The number of nitriles is 1. The average molecular weight is 896 g/mol. The molecule has 18 heteroatoms. The average Bonchev–Trinajstić information content (AvgIpc) is 3.67. The molecular formula is C44H52ClF2N7O7S. The van der Waals surface area contributed by atoms with Gasteiger partial charge in [-0.05, 0) is 105 Å². The second kappa shape index (κ2) is 18.0. The molecule has 3 fully saturated rings. The van der Waals surface area contributed by atoms with Crippen molar-refractivity contribution >= 4 is 72.9 Å². The largest absolute Gasteiger partial charge is 0.466 e. The molecule has 3 aliphatic rings. The Morgan fingerprint density at radius 3 is 2.35 bits per heavy atom. The number of hydrogen-bond acceptors (Lipinski definition) is 13. The molecule has 2 bridgehead atoms. The summed E-state index contributed by atoms with van der Waals surface area (Å²) in [6, 6.07) is 5.75. The van der Waals surface area contributed by atoms with Crippen molar-refractivity contribution < 1.29 is 42.1 Å². The number of nitrogens with zero attached hydrogens (tertiary/aromatic N) is 6. The van der Waals surface area contributed by atoms with Gasteiger partial charge in [0, 0.05) is 48.4 Å². The fourth-order valence-electron chi connectivity index (χ4n) is 8.34. The fourth-order valence-corrected chi connectivity index (χ4v) is 9.70. The van der Waals surface area contributed by atoms with Crippen molar-refractivity contribution in [1.29, 1.82) is 5.26 Å². The van der Waals surface area contributed by atoms with Gasteiger partial charge in [0.05, 0.1) is 34.0 Å². The minimum absolute atomic E-state index is 0.0114. The van der Waals surface area contributed by atoms with E-state index in [9.17, 15) is 19.6 Å². The molecule has 14 nitrogen and oxygen atoms in total. The number of nitrogens with one attached hydrogen (secondary N) is 1. The lowest BCUT2D eigenvalue weighted by atomic mass is 9.97. The highest BCUT2D eigenvalue weighted by molar-refractivity contribution is 7.23. The maximum absolute atomic E-state index is 17.5. The van der Waals surface area contributed by atoms with Crippen LogP contribution >= 0.6 is 22.9 Å². The van der Waals surface area contributed by atoms with Crippen LogP contribution in [0.4, 0.5) is 29.2 Å². The van der Waals surface area contributed by atoms with Crippen LogP contribution in [0, 0.1) is 23.0 Å². The maximum Gasteiger partial charge on any atom is 0.412 e. The standard InChI is InChI=1S/C44H52ClF2N7O7S/c1-8-58-32(55)11-9-10-17-52-18-16-26(52)23-59-40-49-36-28(38(50-40)53-21-24-12-13-25(22-53)54(24)42(57)61-44(5,6)7)19-30(45)34(35(36)47)27-14-15-31(46)37-33(27)29(20-48)39(62-37)51-41(56)60-43(2,3)4/h14-15,19,24-26H,8-13,16-18,21-23H2,1-7H3,(H,51,56)/t24?,25?,26-/m0/s1. The first-order chi connectivity index (χ1) is 29.3. The number of unbranched alkanes of at least 4 members (excludes halogenated alkanes) is 1. The molecular weight excluding hydrogens is 844 g/mol. The molecule has 0 saturated carbocycles. The zero-order chi connectivity index (χ0) is 44.7. The molecule has 3 saturated heterocycles. The third-order valence-corrected chi connectivity index (χ3v) is 12.5. The maximum atomic E-state index is 17.5. The molecule has 332 valence electrons. The van der Waals surface area contributed by atoms with E-state index in [1.165, 1.54) is 6.07 Å². The molecule has 1 N–H and O–H groups in total. The number of ether oxygens (including phenoxy) is 4. The number of benzene rings is 2. The summed E-state index contributed by atoms with van der Waals surface area (Å²) in [6.07, 6.45) is 3.02. The summed E-state index contributed by atoms with van der Waals surface area (Å²) in [5, 5.41) is 13.3. The van der Waals surface area contributed by atoms with E-state index in [0.29, 0.717) is 43.7 Å². The molecule has 2 aromatic heterocycles. The lowest BCUT2D eigenvalue weighted by molar-refractivity contribution is -0.143. The van der Waals surface area contributed by atoms with Crippen LogP contribution in [0.5, 0.6) is 6.01 Å². The number of halogens is 3. The summed E-state index contributed by atoms with van der Waals surface area (Å²) in [6.45, 7) is 15.3. The van der Waals surface area contributed by atoms with Crippen molar-refractivity contribution in [2.45, 2.75) is 116 Å². The Morgan fingerprint density at radius 2 is 1.73 bits per heavy atom. The Hall–Kier alpha value is -5.05. The number of anilines is 2. The molecule has 5 heterocycles. The second-order valence-electron chi connectivity index (χ2n) is 17.8. The molecule has 7 rings (SSSR count). The van der Waals surface area contributed by atoms with Gasteiger partial charge in [0.25, 0.3) is 0 Å². The van der Waals surface area contributed by atoms with E-state index in [4.69, 9.17) is 35.5 Å². The molecule has 3 atom stereocenters. The van der Waals surface area contributed by atoms with Gasteiger partial charge in [-0.3, -0.25) is 19.9 Å². The molecule has 2 unspecified atom stereocenters. The highest BCUT2D eigenvalue weighted by atomic mass is 35.5. The van der Waals surface area contributed by atoms with E-state index >= 15 is 8.78 Å². The van der Waals surface area contributed by atoms with Gasteiger partial charge in [0.1, 0.15) is 46.0 Å². The lowest BCUT2D eigenvalue weighted by Crippen LogP contribution is -2.57. The molecule has 2 aromatic carbocycles. The van der Waals surface area contributed by atoms with Gasteiger partial charge in [-0.25, -0.2) is 18.4 Å². The summed E-state index contributed by atoms with van der Waals surface area (Å²) in [5.74, 6) is -1.35. The number of hydrogen-bond donors (Lipinski definition) is 1. The van der Waals surface area contributed by atoms with E-state index in [0.717, 1.165) is 56.2 Å². The zero-order valence-corrected chi connectivity index (χ0v) is 37.6. The summed E-state index contributed by atoms with van der Waals surface area (Å²) in [7, 11) is 0. The highest BCUT2D eigenvalue weighted by Crippen LogP contribution is 2.47. The lowest BCUT2D eigenvalue weighted by Gasteiger charge is -2.42. The van der Waals surface area contributed by atoms with Crippen LogP contribution in [0.15, 0.2) is 18.2 Å². The van der Waals surface area contributed by atoms with Gasteiger partial charge in [0.15, 0.2) is 5.82 Å². The Bertz CT molecular complexity index is 2420. The van der Waals surface area contributed by atoms with Gasteiger partial charge in [0.2, 0.25) is 0 Å². The minimum atomic E-state index is -0.843. The monoisotopic (exact) mass is 895 g/mol. The zero-order valence-electron chi connectivity index (χ0n) is 36.0. The second-order valence-corrected chi connectivity index (χ2v) is 19.3. The summed E-state index contributed by atoms with van der Waals surface area (Å²) in [5.41, 5.74) is -1.71. The van der Waals surface area contributed by atoms with Crippen LogP contribution in [0.2, 0.25) is 5.02 Å². The number of thiophene rings is 1. The van der Waals surface area contributed by atoms with Crippen LogP contribution in [-0.2, 0) is 19.0 Å². The number of carbonyl (C=O) groups is 3. The first kappa shape index (κ1) is 45.0. The number of amides is 2.